The lowest BCUT2D eigenvalue weighted by atomic mass is 9.99. The standard InChI is InChI=1S/C18H28N2O2S/c1-15-5-2-6-16(11-15)14-23-10-4-8-19-18(22)20-9-3-7-17(12-20)13-21/h2,5-6,11,17,21H,3-4,7-10,12-14H2,1H3,(H,19,22). The Morgan fingerprint density at radius 2 is 2.35 bits per heavy atom. The van der Waals surface area contributed by atoms with Crippen LogP contribution in [-0.4, -0.2) is 48.0 Å². The first-order valence-corrected chi connectivity index (χ1v) is 9.61. The molecule has 2 N–H and O–H groups in total. The molecule has 0 radical (unpaired) electrons. The Bertz CT molecular complexity index is 496. The van der Waals surface area contributed by atoms with Gasteiger partial charge in [-0.15, -0.1) is 0 Å². The van der Waals surface area contributed by atoms with Crippen LogP contribution in [0.15, 0.2) is 24.3 Å². The molecule has 0 aromatic heterocycles. The summed E-state index contributed by atoms with van der Waals surface area (Å²) < 4.78 is 0. The number of thioether (sulfide) groups is 1. The van der Waals surface area contributed by atoms with Crippen LogP contribution in [0.25, 0.3) is 0 Å². The summed E-state index contributed by atoms with van der Waals surface area (Å²) in [7, 11) is 0. The second-order valence-electron chi connectivity index (χ2n) is 6.26. The van der Waals surface area contributed by atoms with E-state index in [9.17, 15) is 9.90 Å². The Hall–Kier alpha value is -1.20. The Balaban J connectivity index is 1.55. The molecule has 1 saturated heterocycles. The fourth-order valence-electron chi connectivity index (χ4n) is 2.87. The Morgan fingerprint density at radius 3 is 3.13 bits per heavy atom. The smallest absolute Gasteiger partial charge is 0.317 e. The van der Waals surface area contributed by atoms with E-state index >= 15 is 0 Å². The number of rotatable bonds is 7. The number of hydrogen-bond donors (Lipinski definition) is 2. The number of amides is 2. The Morgan fingerprint density at radius 1 is 1.48 bits per heavy atom. The maximum Gasteiger partial charge on any atom is 0.317 e. The normalized spacial score (nSPS) is 18.0. The van der Waals surface area contributed by atoms with Gasteiger partial charge in [-0.05, 0) is 43.4 Å². The van der Waals surface area contributed by atoms with Gasteiger partial charge in [-0.1, -0.05) is 29.8 Å². The highest BCUT2D eigenvalue weighted by Crippen LogP contribution is 2.16. The minimum absolute atomic E-state index is 0.0202. The van der Waals surface area contributed by atoms with Gasteiger partial charge in [0, 0.05) is 32.0 Å². The number of aliphatic hydroxyl groups is 1. The third-order valence-corrected chi connectivity index (χ3v) is 5.27. The molecule has 1 fully saturated rings. The molecular formula is C18H28N2O2S. The number of hydrogen-bond acceptors (Lipinski definition) is 3. The molecular weight excluding hydrogens is 308 g/mol. The summed E-state index contributed by atoms with van der Waals surface area (Å²) in [5, 5.41) is 12.2. The van der Waals surface area contributed by atoms with E-state index in [1.54, 1.807) is 0 Å². The minimum Gasteiger partial charge on any atom is -0.396 e. The van der Waals surface area contributed by atoms with Crippen molar-refractivity contribution in [2.75, 3.05) is 32.0 Å². The van der Waals surface area contributed by atoms with Gasteiger partial charge in [0.05, 0.1) is 0 Å². The van der Waals surface area contributed by atoms with Crippen molar-refractivity contribution >= 4 is 17.8 Å². The summed E-state index contributed by atoms with van der Waals surface area (Å²) in [5.41, 5.74) is 2.67. The quantitative estimate of drug-likeness (QED) is 0.753. The number of nitrogens with zero attached hydrogens (tertiary/aromatic N) is 1. The van der Waals surface area contributed by atoms with E-state index in [0.717, 1.165) is 43.9 Å². The van der Waals surface area contributed by atoms with E-state index in [1.165, 1.54) is 11.1 Å². The zero-order valence-electron chi connectivity index (χ0n) is 14.0. The highest BCUT2D eigenvalue weighted by Gasteiger charge is 2.22. The van der Waals surface area contributed by atoms with Gasteiger partial charge in [-0.2, -0.15) is 11.8 Å². The molecule has 1 unspecified atom stereocenters. The van der Waals surface area contributed by atoms with E-state index in [2.05, 4.69) is 36.5 Å². The molecule has 4 nitrogen and oxygen atoms in total. The minimum atomic E-state index is 0.0202. The van der Waals surface area contributed by atoms with Crippen molar-refractivity contribution in [3.63, 3.8) is 0 Å². The van der Waals surface area contributed by atoms with Crippen LogP contribution in [-0.2, 0) is 5.75 Å². The number of aryl methyl sites for hydroxylation is 1. The van der Waals surface area contributed by atoms with Crippen molar-refractivity contribution in [1.29, 1.82) is 0 Å². The van der Waals surface area contributed by atoms with Crippen LogP contribution in [0.5, 0.6) is 0 Å². The second kappa shape index (κ2) is 9.83. The third kappa shape index (κ3) is 6.43. The van der Waals surface area contributed by atoms with Gasteiger partial charge in [-0.3, -0.25) is 0 Å². The highest BCUT2D eigenvalue weighted by molar-refractivity contribution is 7.98. The summed E-state index contributed by atoms with van der Waals surface area (Å²) in [5.74, 6) is 2.33. The molecule has 5 heteroatoms. The fourth-order valence-corrected chi connectivity index (χ4v) is 3.78. The Labute approximate surface area is 143 Å². The Kier molecular flexibility index (Phi) is 7.76. The number of benzene rings is 1. The molecule has 1 aromatic rings. The average Bonchev–Trinajstić information content (AvgIpc) is 2.58. The molecule has 0 aliphatic carbocycles. The number of urea groups is 1. The third-order valence-electron chi connectivity index (χ3n) is 4.16. The number of carbonyl (C=O) groups excluding carboxylic acids is 1. The summed E-state index contributed by atoms with van der Waals surface area (Å²) in [6.07, 6.45) is 3.00. The molecule has 0 bridgehead atoms. The van der Waals surface area contributed by atoms with Crippen molar-refractivity contribution in [3.8, 4) is 0 Å². The predicted molar refractivity (Wildman–Crippen MR) is 96.7 cm³/mol. The van der Waals surface area contributed by atoms with E-state index in [0.29, 0.717) is 6.54 Å². The van der Waals surface area contributed by atoms with Crippen LogP contribution in [0.3, 0.4) is 0 Å². The molecule has 1 atom stereocenters. The topological polar surface area (TPSA) is 52.6 Å². The summed E-state index contributed by atoms with van der Waals surface area (Å²) in [4.78, 5) is 13.9. The molecule has 2 rings (SSSR count). The lowest BCUT2D eigenvalue weighted by Gasteiger charge is -2.31. The van der Waals surface area contributed by atoms with Crippen LogP contribution in [0.1, 0.15) is 30.4 Å². The average molecular weight is 337 g/mol. The van der Waals surface area contributed by atoms with Crippen LogP contribution in [0.2, 0.25) is 0 Å². The van der Waals surface area contributed by atoms with Gasteiger partial charge < -0.3 is 15.3 Å². The maximum atomic E-state index is 12.1. The summed E-state index contributed by atoms with van der Waals surface area (Å²) in [6.45, 7) is 4.51. The maximum absolute atomic E-state index is 12.1. The molecule has 0 saturated carbocycles. The number of piperidine rings is 1. The largest absolute Gasteiger partial charge is 0.396 e. The van der Waals surface area contributed by atoms with Gasteiger partial charge in [0.25, 0.3) is 0 Å². The van der Waals surface area contributed by atoms with Crippen molar-refractivity contribution < 1.29 is 9.90 Å². The molecule has 1 aromatic carbocycles. The zero-order valence-corrected chi connectivity index (χ0v) is 14.8. The second-order valence-corrected chi connectivity index (χ2v) is 7.37. The SMILES string of the molecule is Cc1cccc(CSCCCNC(=O)N2CCCC(CO)C2)c1. The number of likely N-dealkylation sites (tertiary alicyclic amines) is 1. The van der Waals surface area contributed by atoms with Crippen molar-refractivity contribution in [3.05, 3.63) is 35.4 Å². The highest BCUT2D eigenvalue weighted by atomic mass is 32.2. The molecule has 128 valence electrons. The van der Waals surface area contributed by atoms with Gasteiger partial charge in [0.2, 0.25) is 0 Å². The van der Waals surface area contributed by atoms with Crippen LogP contribution < -0.4 is 5.32 Å². The van der Waals surface area contributed by atoms with Crippen molar-refractivity contribution in [1.82, 2.24) is 10.2 Å². The van der Waals surface area contributed by atoms with E-state index in [-0.39, 0.29) is 18.6 Å². The van der Waals surface area contributed by atoms with Crippen molar-refractivity contribution in [2.24, 2.45) is 5.92 Å². The van der Waals surface area contributed by atoms with Gasteiger partial charge in [-0.25, -0.2) is 4.79 Å². The molecule has 2 amide bonds. The van der Waals surface area contributed by atoms with Gasteiger partial charge in [0.1, 0.15) is 0 Å². The van der Waals surface area contributed by atoms with Crippen LogP contribution in [0.4, 0.5) is 4.79 Å². The van der Waals surface area contributed by atoms with Crippen LogP contribution >= 0.6 is 11.8 Å². The van der Waals surface area contributed by atoms with Gasteiger partial charge in [0.15, 0.2) is 0 Å². The summed E-state index contributed by atoms with van der Waals surface area (Å²) >= 11 is 1.91. The molecule has 1 heterocycles. The van der Waals surface area contributed by atoms with E-state index in [4.69, 9.17) is 0 Å². The van der Waals surface area contributed by atoms with E-state index in [1.807, 2.05) is 16.7 Å². The molecule has 1 aliphatic rings. The fraction of sp³-hybridized carbons (Fsp3) is 0.611. The number of carbonyl (C=O) groups is 1. The van der Waals surface area contributed by atoms with Crippen LogP contribution in [0, 0.1) is 12.8 Å². The van der Waals surface area contributed by atoms with E-state index < -0.39 is 0 Å². The first-order chi connectivity index (χ1) is 11.2. The lowest BCUT2D eigenvalue weighted by molar-refractivity contribution is 0.129. The first-order valence-electron chi connectivity index (χ1n) is 8.46. The molecule has 1 aliphatic heterocycles. The number of aliphatic hydroxyl groups excluding tert-OH is 1. The number of nitrogens with one attached hydrogen (secondary N) is 1. The molecule has 0 spiro atoms. The summed E-state index contributed by atoms with van der Waals surface area (Å²) in [6, 6.07) is 8.63. The monoisotopic (exact) mass is 336 g/mol. The van der Waals surface area contributed by atoms with Crippen molar-refractivity contribution in [2.45, 2.75) is 31.9 Å². The predicted octanol–water partition coefficient (Wildman–Crippen LogP) is 3.03. The first kappa shape index (κ1) is 18.1. The lowest BCUT2D eigenvalue weighted by Crippen LogP contribution is -2.46. The van der Waals surface area contributed by atoms with Gasteiger partial charge >= 0.3 is 6.03 Å². The zero-order chi connectivity index (χ0) is 16.5. The molecule has 23 heavy (non-hydrogen) atoms.